The number of halogens is 2. The molecule has 2 heterocycles. The Morgan fingerprint density at radius 3 is 1.15 bits per heavy atom. The number of nitrogens with zero attached hydrogens (tertiary/aromatic N) is 2. The third-order valence-corrected chi connectivity index (χ3v) is 13.9. The molecule has 2 spiro atoms. The van der Waals surface area contributed by atoms with E-state index < -0.39 is 118 Å². The zero-order valence-corrected chi connectivity index (χ0v) is 43.9. The Morgan fingerprint density at radius 2 is 0.847 bits per heavy atom. The highest BCUT2D eigenvalue weighted by molar-refractivity contribution is 9.10. The molecule has 2 aliphatic carbocycles. The average Bonchev–Trinajstić information content (AvgIpc) is 3.96. The molecule has 16 nitrogen and oxygen atoms in total. The highest BCUT2D eigenvalue weighted by atomic mass is 79.9. The van der Waals surface area contributed by atoms with Crippen LogP contribution in [-0.2, 0) is 58.5 Å². The van der Waals surface area contributed by atoms with Gasteiger partial charge in [0.25, 0.3) is 0 Å². The number of rotatable bonds is 8. The molecule has 0 bridgehead atoms. The fraction of sp³-hybridized carbons (Fsp3) is 0.370. The zero-order chi connectivity index (χ0) is 52.8. The van der Waals surface area contributed by atoms with Crippen LogP contribution in [0.1, 0.15) is 100 Å². The van der Waals surface area contributed by atoms with Gasteiger partial charge in [-0.25, -0.2) is 19.4 Å². The van der Waals surface area contributed by atoms with Crippen molar-refractivity contribution in [1.29, 1.82) is 0 Å². The minimum absolute atomic E-state index is 0.00335. The summed E-state index contributed by atoms with van der Waals surface area (Å²) < 4.78 is 22.8. The van der Waals surface area contributed by atoms with E-state index in [-0.39, 0.29) is 35.7 Å². The molecule has 4 aromatic rings. The quantitative estimate of drug-likeness (QED) is 0.0696. The van der Waals surface area contributed by atoms with Crippen LogP contribution < -0.4 is 9.80 Å². The highest BCUT2D eigenvalue weighted by Gasteiger charge is 2.70. The number of esters is 2. The van der Waals surface area contributed by atoms with Crippen LogP contribution in [0, 0.1) is 23.7 Å². The topological polar surface area (TPSA) is 214 Å². The van der Waals surface area contributed by atoms with E-state index >= 15 is 0 Å². The molecule has 0 unspecified atom stereocenters. The Morgan fingerprint density at radius 1 is 0.528 bits per heavy atom. The first-order valence-corrected chi connectivity index (χ1v) is 24.8. The number of ether oxygens (including phenoxy) is 4. The average molecular weight is 1110 g/mol. The maximum atomic E-state index is 14.1. The van der Waals surface area contributed by atoms with Crippen LogP contribution in [0.4, 0.5) is 21.0 Å². The molecule has 2 aliphatic heterocycles. The molecule has 0 radical (unpaired) electrons. The molecular formula is C54H52Br2N2O14. The fourth-order valence-corrected chi connectivity index (χ4v) is 10.7. The first-order valence-electron chi connectivity index (χ1n) is 23.2. The van der Waals surface area contributed by atoms with E-state index in [1.807, 2.05) is 0 Å². The van der Waals surface area contributed by atoms with Crippen LogP contribution in [0.15, 0.2) is 106 Å². The Kier molecular flexibility index (Phi) is 14.8. The number of carbonyl (C=O) groups is 10. The van der Waals surface area contributed by atoms with Crippen molar-refractivity contribution in [1.82, 2.24) is 0 Å². The van der Waals surface area contributed by atoms with Gasteiger partial charge < -0.3 is 18.9 Å². The number of Topliss-reactive ketones (excluding diaryl/α,β-unsaturated/α-hetero) is 4. The Balaban J connectivity index is 0.000000211. The molecule has 0 N–H and O–H groups in total. The van der Waals surface area contributed by atoms with Gasteiger partial charge in [-0.2, -0.15) is 0 Å². The van der Waals surface area contributed by atoms with Crippen molar-refractivity contribution in [3.63, 3.8) is 0 Å². The van der Waals surface area contributed by atoms with Crippen LogP contribution in [0.3, 0.4) is 0 Å². The van der Waals surface area contributed by atoms with Gasteiger partial charge in [0.2, 0.25) is 11.8 Å². The zero-order valence-electron chi connectivity index (χ0n) is 40.7. The number of fused-ring (bicyclic) bond motifs is 4. The second-order valence-corrected chi connectivity index (χ2v) is 21.5. The molecule has 376 valence electrons. The number of ketones is 4. The molecule has 0 aromatic heterocycles. The molecule has 6 atom stereocenters. The van der Waals surface area contributed by atoms with Crippen LogP contribution in [0.2, 0.25) is 0 Å². The number of benzene rings is 4. The molecule has 72 heavy (non-hydrogen) atoms. The van der Waals surface area contributed by atoms with Crippen molar-refractivity contribution < 1.29 is 66.9 Å². The molecular weight excluding hydrogens is 1060 g/mol. The van der Waals surface area contributed by atoms with E-state index in [9.17, 15) is 47.9 Å². The number of amides is 4. The molecule has 0 saturated heterocycles. The largest absolute Gasteiger partial charge is 0.465 e. The lowest BCUT2D eigenvalue weighted by Gasteiger charge is -2.31. The number of hydrogen-bond acceptors (Lipinski definition) is 14. The van der Waals surface area contributed by atoms with Gasteiger partial charge in [0, 0.05) is 32.9 Å². The maximum Gasteiger partial charge on any atom is 0.421 e. The van der Waals surface area contributed by atoms with Gasteiger partial charge in [0.1, 0.15) is 34.6 Å². The summed E-state index contributed by atoms with van der Waals surface area (Å²) in [5.41, 5.74) is -3.74. The molecule has 4 aromatic carbocycles. The minimum atomic E-state index is -1.76. The van der Waals surface area contributed by atoms with Crippen molar-refractivity contribution in [2.45, 2.75) is 90.3 Å². The SMILES string of the molecule is CCOC(=O)[C@@H]1C(=O)C[C@]2(C(=O)N(C(=O)OC(C)(C)C)c3ccccc32)[C@H]1C(=O)c1ccc(Br)cc1.CCOC(=O)[C@@H]1C(=O)C[C@]2(C(=O)N(C(=O)OC(C)(C)C)c3ccccc32)[C@H]1C(=O)c1ccc(Br)cc1. The number of hydrogen-bond donors (Lipinski definition) is 0. The third-order valence-electron chi connectivity index (χ3n) is 12.8. The van der Waals surface area contributed by atoms with Gasteiger partial charge in [0.05, 0.1) is 47.3 Å². The van der Waals surface area contributed by atoms with Crippen LogP contribution >= 0.6 is 31.9 Å². The van der Waals surface area contributed by atoms with E-state index in [4.69, 9.17) is 18.9 Å². The van der Waals surface area contributed by atoms with E-state index in [1.54, 1.807) is 152 Å². The van der Waals surface area contributed by atoms with Crippen molar-refractivity contribution in [3.05, 3.63) is 128 Å². The number of para-hydroxylation sites is 2. The predicted octanol–water partition coefficient (Wildman–Crippen LogP) is 9.24. The predicted molar refractivity (Wildman–Crippen MR) is 267 cm³/mol. The maximum absolute atomic E-state index is 14.1. The summed E-state index contributed by atoms with van der Waals surface area (Å²) in [5, 5.41) is 0. The Bertz CT molecular complexity index is 2720. The van der Waals surface area contributed by atoms with Crippen LogP contribution in [0.25, 0.3) is 0 Å². The summed E-state index contributed by atoms with van der Waals surface area (Å²) in [6.07, 6.45) is -2.67. The van der Waals surface area contributed by atoms with Crippen molar-refractivity contribution >= 4 is 102 Å². The number of imide groups is 2. The van der Waals surface area contributed by atoms with E-state index in [1.165, 1.54) is 0 Å². The van der Waals surface area contributed by atoms with Gasteiger partial charge in [-0.1, -0.05) is 92.5 Å². The summed E-state index contributed by atoms with van der Waals surface area (Å²) in [4.78, 5) is 137. The van der Waals surface area contributed by atoms with Gasteiger partial charge in [0.15, 0.2) is 11.6 Å². The first kappa shape index (κ1) is 53.1. The van der Waals surface area contributed by atoms with Gasteiger partial charge in [-0.3, -0.25) is 38.4 Å². The molecule has 2 fully saturated rings. The number of anilines is 2. The van der Waals surface area contributed by atoms with E-state index in [0.717, 1.165) is 18.7 Å². The van der Waals surface area contributed by atoms with Crippen molar-refractivity contribution in [2.24, 2.45) is 23.7 Å². The summed E-state index contributed by atoms with van der Waals surface area (Å²) in [6.45, 7) is 13.2. The van der Waals surface area contributed by atoms with Gasteiger partial charge in [-0.05, 0) is 103 Å². The summed E-state index contributed by atoms with van der Waals surface area (Å²) >= 11 is 6.66. The van der Waals surface area contributed by atoms with E-state index in [0.29, 0.717) is 11.1 Å². The fourth-order valence-electron chi connectivity index (χ4n) is 10.1. The Labute approximate surface area is 432 Å². The second kappa shape index (κ2) is 20.1. The van der Waals surface area contributed by atoms with Crippen molar-refractivity contribution in [2.75, 3.05) is 23.0 Å². The highest BCUT2D eigenvalue weighted by Crippen LogP contribution is 2.58. The third kappa shape index (κ3) is 9.46. The van der Waals surface area contributed by atoms with E-state index in [2.05, 4.69) is 31.9 Å². The van der Waals surface area contributed by atoms with Crippen LogP contribution in [0.5, 0.6) is 0 Å². The van der Waals surface area contributed by atoms with Crippen LogP contribution in [-0.4, -0.2) is 83.5 Å². The molecule has 18 heteroatoms. The molecule has 4 amide bonds. The first-order chi connectivity index (χ1) is 33.8. The van der Waals surface area contributed by atoms with Crippen molar-refractivity contribution in [3.8, 4) is 0 Å². The number of carbonyl (C=O) groups excluding carboxylic acids is 10. The van der Waals surface area contributed by atoms with Gasteiger partial charge in [-0.15, -0.1) is 0 Å². The lowest BCUT2D eigenvalue weighted by atomic mass is 9.68. The lowest BCUT2D eigenvalue weighted by Crippen LogP contribution is -2.50. The molecule has 2 saturated carbocycles. The summed E-state index contributed by atoms with van der Waals surface area (Å²) in [5.74, 6) is -11.3. The second-order valence-electron chi connectivity index (χ2n) is 19.7. The molecule has 8 rings (SSSR count). The smallest absolute Gasteiger partial charge is 0.421 e. The summed E-state index contributed by atoms with van der Waals surface area (Å²) in [7, 11) is 0. The Hall–Kier alpha value is -6.66. The van der Waals surface area contributed by atoms with Gasteiger partial charge >= 0.3 is 24.1 Å². The summed E-state index contributed by atoms with van der Waals surface area (Å²) in [6, 6.07) is 25.8. The minimum Gasteiger partial charge on any atom is -0.465 e. The standard InChI is InChI=1S/2C27H26BrNO7/c2*1-5-35-23(32)20-19(30)14-27(21(20)22(31)15-10-12-16(28)13-11-15)17-8-6-7-9-18(17)29(24(27)33)25(34)36-26(2,3)4/h2*6-13,20-21H,5,14H2,1-4H3/t2*20-,21-,27-/m11/s1. The monoisotopic (exact) mass is 1110 g/mol. The normalized spacial score (nSPS) is 23.1. The molecule has 4 aliphatic rings. The lowest BCUT2D eigenvalue weighted by molar-refractivity contribution is -0.153.